The molecule has 0 saturated carbocycles. The lowest BCUT2D eigenvalue weighted by Gasteiger charge is -2.09. The molecule has 0 amide bonds. The Balaban J connectivity index is 1.86. The van der Waals surface area contributed by atoms with Crippen molar-refractivity contribution in [1.29, 1.82) is 0 Å². The first-order valence-electron chi connectivity index (χ1n) is 8.16. The van der Waals surface area contributed by atoms with Crippen LogP contribution in [0.4, 0.5) is 5.82 Å². The van der Waals surface area contributed by atoms with Gasteiger partial charge in [-0.05, 0) is 13.8 Å². The van der Waals surface area contributed by atoms with E-state index >= 15 is 0 Å². The zero-order valence-corrected chi connectivity index (χ0v) is 14.0. The number of rotatable bonds is 3. The molecular formula is C17H19N5O3. The molecule has 0 unspecified atom stereocenters. The van der Waals surface area contributed by atoms with Crippen molar-refractivity contribution in [2.24, 2.45) is 0 Å². The predicted octanol–water partition coefficient (Wildman–Crippen LogP) is 2.00. The molecular weight excluding hydrogens is 322 g/mol. The zero-order valence-electron chi connectivity index (χ0n) is 14.0. The van der Waals surface area contributed by atoms with Crippen LogP contribution >= 0.6 is 0 Å². The molecule has 3 aromatic rings. The molecule has 4 rings (SSSR count). The van der Waals surface area contributed by atoms with Crippen LogP contribution < -0.4 is 11.3 Å². The number of nitrogen functional groups attached to an aromatic ring is 1. The number of nitrogens with one attached hydrogen (secondary N) is 1. The lowest BCUT2D eigenvalue weighted by atomic mass is 10.1. The number of nitrogens with zero attached hydrogens (tertiary/aromatic N) is 3. The summed E-state index contributed by atoms with van der Waals surface area (Å²) in [5, 5.41) is 11.5. The van der Waals surface area contributed by atoms with Crippen molar-refractivity contribution in [2.45, 2.75) is 26.2 Å². The summed E-state index contributed by atoms with van der Waals surface area (Å²) in [7, 11) is 0. The Morgan fingerprint density at radius 1 is 1.24 bits per heavy atom. The Morgan fingerprint density at radius 2 is 1.92 bits per heavy atom. The molecule has 1 aliphatic heterocycles. The van der Waals surface area contributed by atoms with E-state index in [1.54, 1.807) is 4.68 Å². The Morgan fingerprint density at radius 3 is 2.56 bits per heavy atom. The van der Waals surface area contributed by atoms with Gasteiger partial charge in [0, 0.05) is 17.2 Å². The highest BCUT2D eigenvalue weighted by Crippen LogP contribution is 2.32. The quantitative estimate of drug-likeness (QED) is 0.754. The zero-order chi connectivity index (χ0) is 17.6. The Hall–Kier alpha value is -2.71. The van der Waals surface area contributed by atoms with Crippen molar-refractivity contribution in [1.82, 2.24) is 20.0 Å². The number of anilines is 1. The van der Waals surface area contributed by atoms with Crippen LogP contribution in [0.2, 0.25) is 0 Å². The molecule has 25 heavy (non-hydrogen) atoms. The first-order chi connectivity index (χ1) is 12.1. The summed E-state index contributed by atoms with van der Waals surface area (Å²) < 4.78 is 12.7. The Kier molecular flexibility index (Phi) is 3.78. The van der Waals surface area contributed by atoms with Gasteiger partial charge in [0.15, 0.2) is 12.1 Å². The minimum absolute atomic E-state index is 0.0127. The fourth-order valence-electron chi connectivity index (χ4n) is 3.04. The number of aromatic nitrogens is 4. The molecule has 8 nitrogen and oxygen atoms in total. The van der Waals surface area contributed by atoms with Crippen LogP contribution in [0, 0.1) is 0 Å². The second-order valence-electron chi connectivity index (χ2n) is 6.24. The van der Waals surface area contributed by atoms with Gasteiger partial charge in [-0.15, -0.1) is 0 Å². The first kappa shape index (κ1) is 15.8. The molecule has 3 N–H and O–H groups in total. The summed E-state index contributed by atoms with van der Waals surface area (Å²) >= 11 is 0. The van der Waals surface area contributed by atoms with E-state index < -0.39 is 0 Å². The van der Waals surface area contributed by atoms with Gasteiger partial charge in [-0.2, -0.15) is 10.2 Å². The van der Waals surface area contributed by atoms with Gasteiger partial charge >= 0.3 is 0 Å². The van der Waals surface area contributed by atoms with Crippen molar-refractivity contribution in [3.05, 3.63) is 40.2 Å². The average molecular weight is 341 g/mol. The number of fused-ring (bicyclic) bond motifs is 1. The number of benzene rings is 1. The largest absolute Gasteiger partial charge is 0.382 e. The second kappa shape index (κ2) is 5.98. The molecule has 1 aromatic carbocycles. The van der Waals surface area contributed by atoms with Gasteiger partial charge in [-0.1, -0.05) is 24.3 Å². The fourth-order valence-corrected chi connectivity index (χ4v) is 3.04. The Bertz CT molecular complexity index is 968. The van der Waals surface area contributed by atoms with Gasteiger partial charge in [0.25, 0.3) is 5.56 Å². The highest BCUT2D eigenvalue weighted by Gasteiger charge is 2.22. The number of hydrogen-bond acceptors (Lipinski definition) is 6. The molecule has 2 aromatic heterocycles. The normalized spacial score (nSPS) is 15.5. The summed E-state index contributed by atoms with van der Waals surface area (Å²) in [5.74, 6) is 0.253. The monoisotopic (exact) mass is 341 g/mol. The van der Waals surface area contributed by atoms with Crippen molar-refractivity contribution in [3.8, 4) is 11.3 Å². The van der Waals surface area contributed by atoms with Crippen LogP contribution in [0.5, 0.6) is 0 Å². The second-order valence-corrected chi connectivity index (χ2v) is 6.24. The summed E-state index contributed by atoms with van der Waals surface area (Å²) in [5.41, 5.74) is 8.59. The van der Waals surface area contributed by atoms with Crippen molar-refractivity contribution < 1.29 is 9.47 Å². The van der Waals surface area contributed by atoms with Crippen molar-refractivity contribution >= 4 is 16.7 Å². The molecule has 0 radical (unpaired) electrons. The minimum atomic E-state index is -0.325. The summed E-state index contributed by atoms with van der Waals surface area (Å²) in [6.07, 6.45) is -0.325. The molecule has 1 fully saturated rings. The maximum atomic E-state index is 12.3. The molecule has 0 atom stereocenters. The van der Waals surface area contributed by atoms with E-state index in [2.05, 4.69) is 15.3 Å². The maximum absolute atomic E-state index is 12.3. The van der Waals surface area contributed by atoms with E-state index in [9.17, 15) is 4.79 Å². The third-order valence-electron chi connectivity index (χ3n) is 4.23. The van der Waals surface area contributed by atoms with Crippen molar-refractivity contribution in [3.63, 3.8) is 0 Å². The highest BCUT2D eigenvalue weighted by molar-refractivity contribution is 5.99. The molecule has 0 aliphatic carbocycles. The number of aromatic amines is 1. The van der Waals surface area contributed by atoms with E-state index in [1.165, 1.54) is 0 Å². The minimum Gasteiger partial charge on any atom is -0.382 e. The van der Waals surface area contributed by atoms with E-state index in [0.29, 0.717) is 29.8 Å². The van der Waals surface area contributed by atoms with E-state index in [4.69, 9.17) is 15.2 Å². The molecule has 0 spiro atoms. The number of hydrogen-bond donors (Lipinski definition) is 2. The lowest BCUT2D eigenvalue weighted by molar-refractivity contribution is -0.0441. The van der Waals surface area contributed by atoms with Crippen LogP contribution in [0.3, 0.4) is 0 Å². The fraction of sp³-hybridized carbons (Fsp3) is 0.353. The molecule has 130 valence electrons. The molecule has 1 saturated heterocycles. The third kappa shape index (κ3) is 2.59. The van der Waals surface area contributed by atoms with Gasteiger partial charge in [0.05, 0.1) is 18.6 Å². The number of ether oxygens (including phenoxy) is 2. The van der Waals surface area contributed by atoms with Gasteiger partial charge in [0.1, 0.15) is 11.2 Å². The van der Waals surface area contributed by atoms with Crippen LogP contribution in [0.15, 0.2) is 29.1 Å². The van der Waals surface area contributed by atoms with Crippen LogP contribution in [-0.2, 0) is 9.47 Å². The molecule has 8 heteroatoms. The van der Waals surface area contributed by atoms with Gasteiger partial charge in [0.2, 0.25) is 0 Å². The third-order valence-corrected chi connectivity index (χ3v) is 4.23. The van der Waals surface area contributed by atoms with Crippen LogP contribution in [0.1, 0.15) is 31.7 Å². The number of H-pyrrole nitrogens is 1. The van der Waals surface area contributed by atoms with Gasteiger partial charge in [-0.3, -0.25) is 9.48 Å². The topological polar surface area (TPSA) is 108 Å². The van der Waals surface area contributed by atoms with Crippen LogP contribution in [-0.4, -0.2) is 33.2 Å². The molecule has 0 bridgehead atoms. The summed E-state index contributed by atoms with van der Waals surface area (Å²) in [6, 6.07) is 7.73. The van der Waals surface area contributed by atoms with Crippen molar-refractivity contribution in [2.75, 3.05) is 18.9 Å². The van der Waals surface area contributed by atoms with Crippen LogP contribution in [0.25, 0.3) is 22.2 Å². The summed E-state index contributed by atoms with van der Waals surface area (Å²) in [4.78, 5) is 12.3. The number of nitrogens with two attached hydrogens (primary N) is 1. The standard InChI is InChI=1S/C17H19N5O3/c1-9(2)22-14-12(15(18)19-20-16(14)23)13(21-22)10-3-5-11(6-4-10)17-24-7-8-25-17/h3-6,9,17H,7-8H2,1-2H3,(H2,18,19)(H,20,23). The highest BCUT2D eigenvalue weighted by atomic mass is 16.7. The summed E-state index contributed by atoms with van der Waals surface area (Å²) in [6.45, 7) is 5.12. The van der Waals surface area contributed by atoms with E-state index in [-0.39, 0.29) is 23.7 Å². The van der Waals surface area contributed by atoms with Gasteiger partial charge in [-0.25, -0.2) is 5.10 Å². The van der Waals surface area contributed by atoms with E-state index in [1.807, 2.05) is 38.1 Å². The SMILES string of the molecule is CC(C)n1nc(-c2ccc(C3OCCO3)cc2)c2c(N)n[nH]c(=O)c21. The smallest absolute Gasteiger partial charge is 0.290 e. The average Bonchev–Trinajstić information content (AvgIpc) is 3.26. The maximum Gasteiger partial charge on any atom is 0.290 e. The lowest BCUT2D eigenvalue weighted by Crippen LogP contribution is -2.15. The van der Waals surface area contributed by atoms with Gasteiger partial charge < -0.3 is 15.2 Å². The Labute approximate surface area is 143 Å². The predicted molar refractivity (Wildman–Crippen MR) is 93.0 cm³/mol. The molecule has 3 heterocycles. The van der Waals surface area contributed by atoms with E-state index in [0.717, 1.165) is 11.1 Å². The first-order valence-corrected chi connectivity index (χ1v) is 8.16. The molecule has 1 aliphatic rings.